The monoisotopic (exact) mass is 590 g/mol. The van der Waals surface area contributed by atoms with Crippen LogP contribution in [0.25, 0.3) is 21.5 Å². The number of imidazole rings is 1. The summed E-state index contributed by atoms with van der Waals surface area (Å²) >= 11 is 7.13. The topological polar surface area (TPSA) is 82.8 Å². The summed E-state index contributed by atoms with van der Waals surface area (Å²) in [6, 6.07) is 19.9. The molecule has 0 spiro atoms. The van der Waals surface area contributed by atoms with Gasteiger partial charge in [-0.05, 0) is 47.9 Å². The predicted molar refractivity (Wildman–Crippen MR) is 154 cm³/mol. The summed E-state index contributed by atoms with van der Waals surface area (Å²) in [4.78, 5) is 17.3. The number of fused-ring (bicyclic) bond motifs is 2. The van der Waals surface area contributed by atoms with E-state index in [1.54, 1.807) is 31.2 Å². The number of rotatable bonds is 7. The van der Waals surface area contributed by atoms with Crippen LogP contribution in [0.5, 0.6) is 11.5 Å². The molecule has 7 rings (SSSR count). The third kappa shape index (κ3) is 4.64. The summed E-state index contributed by atoms with van der Waals surface area (Å²) in [5, 5.41) is 9.74. The fourth-order valence-electron chi connectivity index (χ4n) is 5.34. The van der Waals surface area contributed by atoms with E-state index in [-0.39, 0.29) is 16.5 Å². The smallest absolute Gasteiger partial charge is 0.346 e. The second kappa shape index (κ2) is 9.87. The van der Waals surface area contributed by atoms with Crippen molar-refractivity contribution in [1.82, 2.24) is 9.55 Å². The average molecular weight is 591 g/mol. The van der Waals surface area contributed by atoms with Crippen molar-refractivity contribution in [3.05, 3.63) is 99.4 Å². The molecular formula is C31H24ClFN2O5S. The van der Waals surface area contributed by atoms with Gasteiger partial charge in [-0.25, -0.2) is 14.2 Å². The Kier molecular flexibility index (Phi) is 6.26. The van der Waals surface area contributed by atoms with Crippen molar-refractivity contribution in [2.75, 3.05) is 6.61 Å². The van der Waals surface area contributed by atoms with E-state index in [9.17, 15) is 14.3 Å². The zero-order valence-corrected chi connectivity index (χ0v) is 23.5. The Morgan fingerprint density at radius 3 is 2.68 bits per heavy atom. The van der Waals surface area contributed by atoms with E-state index in [1.165, 1.54) is 17.4 Å². The van der Waals surface area contributed by atoms with Gasteiger partial charge in [0, 0.05) is 30.5 Å². The molecule has 4 heterocycles. The van der Waals surface area contributed by atoms with Gasteiger partial charge in [-0.2, -0.15) is 0 Å². The van der Waals surface area contributed by atoms with E-state index >= 15 is 0 Å². The Labute approximate surface area is 243 Å². The lowest BCUT2D eigenvalue weighted by molar-refractivity contribution is -0.0705. The molecule has 3 aromatic carbocycles. The normalized spacial score (nSPS) is 19.4. The van der Waals surface area contributed by atoms with E-state index in [0.29, 0.717) is 34.3 Å². The van der Waals surface area contributed by atoms with Crippen LogP contribution in [0.2, 0.25) is 5.02 Å². The van der Waals surface area contributed by atoms with Crippen LogP contribution < -0.4 is 9.47 Å². The SMILES string of the molecule is C[C@@]1(c2ccc(Cl)cc2F)Oc2cccc(-c3ccc(Cc4nc5sc(C(=O)O)cc5n4CC4CCO4)cc3)c2O1. The van der Waals surface area contributed by atoms with Crippen molar-refractivity contribution in [2.24, 2.45) is 0 Å². The molecule has 5 aromatic rings. The van der Waals surface area contributed by atoms with Gasteiger partial charge < -0.3 is 23.9 Å². The summed E-state index contributed by atoms with van der Waals surface area (Å²) < 4.78 is 34.9. The minimum atomic E-state index is -1.33. The number of benzene rings is 3. The number of thiophene rings is 1. The standard InChI is InChI=1S/C31H24ClFN2O5S/c1-31(22-10-9-19(32)14-23(22)33)39-25-4-2-3-21(28(25)40-31)18-7-5-17(6-8-18)13-27-34-29-24(15-26(41-29)30(36)37)35(27)16-20-11-12-38-20/h2-10,14-15,20H,11-13,16H2,1H3,(H,36,37)/t20?,31-/m1/s1. The number of ether oxygens (including phenoxy) is 3. The number of hydrogen-bond donors (Lipinski definition) is 1. The van der Waals surface area contributed by atoms with Crippen LogP contribution in [0.3, 0.4) is 0 Å². The van der Waals surface area contributed by atoms with Crippen molar-refractivity contribution in [3.63, 3.8) is 0 Å². The van der Waals surface area contributed by atoms with E-state index in [2.05, 4.69) is 4.57 Å². The Hall–Kier alpha value is -3.92. The largest absolute Gasteiger partial charge is 0.477 e. The maximum absolute atomic E-state index is 14.8. The van der Waals surface area contributed by atoms with Crippen molar-refractivity contribution >= 4 is 39.3 Å². The number of carboxylic acids is 1. The average Bonchev–Trinajstić information content (AvgIpc) is 3.57. The Morgan fingerprint density at radius 1 is 1.17 bits per heavy atom. The number of aromatic nitrogens is 2. The highest BCUT2D eigenvalue weighted by molar-refractivity contribution is 7.20. The predicted octanol–water partition coefficient (Wildman–Crippen LogP) is 7.28. The summed E-state index contributed by atoms with van der Waals surface area (Å²) in [6.07, 6.45) is 1.66. The van der Waals surface area contributed by atoms with E-state index < -0.39 is 17.6 Å². The number of para-hydroxylation sites is 1. The zero-order valence-electron chi connectivity index (χ0n) is 21.9. The Balaban J connectivity index is 1.16. The molecule has 0 bridgehead atoms. The molecular weight excluding hydrogens is 567 g/mol. The summed E-state index contributed by atoms with van der Waals surface area (Å²) in [6.45, 7) is 3.07. The van der Waals surface area contributed by atoms with E-state index in [0.717, 1.165) is 41.1 Å². The van der Waals surface area contributed by atoms with E-state index in [4.69, 9.17) is 30.8 Å². The van der Waals surface area contributed by atoms with Crippen LogP contribution in [0.4, 0.5) is 4.39 Å². The second-order valence-electron chi connectivity index (χ2n) is 10.3. The number of carbonyl (C=O) groups is 1. The molecule has 208 valence electrons. The third-order valence-electron chi connectivity index (χ3n) is 7.54. The maximum Gasteiger partial charge on any atom is 0.346 e. The lowest BCUT2D eigenvalue weighted by atomic mass is 10.0. The molecule has 0 saturated carbocycles. The van der Waals surface area contributed by atoms with Crippen molar-refractivity contribution in [1.29, 1.82) is 0 Å². The fraction of sp³-hybridized carbons (Fsp3) is 0.226. The molecule has 0 radical (unpaired) electrons. The quantitative estimate of drug-likeness (QED) is 0.214. The Morgan fingerprint density at radius 2 is 1.98 bits per heavy atom. The summed E-state index contributed by atoms with van der Waals surface area (Å²) in [5.41, 5.74) is 3.90. The zero-order chi connectivity index (χ0) is 28.3. The molecule has 10 heteroatoms. The molecule has 2 aliphatic rings. The number of halogens is 2. The van der Waals surface area contributed by atoms with Gasteiger partial charge in [0.05, 0.1) is 23.7 Å². The van der Waals surface area contributed by atoms with Crippen LogP contribution in [0, 0.1) is 5.82 Å². The maximum atomic E-state index is 14.8. The summed E-state index contributed by atoms with van der Waals surface area (Å²) in [5.74, 6) is -0.838. The molecule has 1 fully saturated rings. The molecule has 1 saturated heterocycles. The van der Waals surface area contributed by atoms with Crippen molar-refractivity contribution < 1.29 is 28.5 Å². The highest BCUT2D eigenvalue weighted by Crippen LogP contribution is 2.49. The van der Waals surface area contributed by atoms with Gasteiger partial charge in [-0.15, -0.1) is 11.3 Å². The van der Waals surface area contributed by atoms with Crippen LogP contribution in [-0.4, -0.2) is 33.3 Å². The van der Waals surface area contributed by atoms with Gasteiger partial charge in [0.2, 0.25) is 0 Å². The van der Waals surface area contributed by atoms with Crippen LogP contribution >= 0.6 is 22.9 Å². The second-order valence-corrected chi connectivity index (χ2v) is 11.8. The highest BCUT2D eigenvalue weighted by Gasteiger charge is 2.42. The van der Waals surface area contributed by atoms with E-state index in [1.807, 2.05) is 36.4 Å². The lowest BCUT2D eigenvalue weighted by Crippen LogP contribution is -2.32. The number of hydrogen-bond acceptors (Lipinski definition) is 6. The Bertz CT molecular complexity index is 1810. The number of carboxylic acid groups (broad SMARTS) is 1. The first kappa shape index (κ1) is 26.0. The molecule has 1 unspecified atom stereocenters. The minimum absolute atomic E-state index is 0.108. The third-order valence-corrected chi connectivity index (χ3v) is 8.79. The van der Waals surface area contributed by atoms with Gasteiger partial charge in [0.15, 0.2) is 11.5 Å². The van der Waals surface area contributed by atoms with Gasteiger partial charge in [0.1, 0.15) is 21.3 Å². The number of nitrogens with zero attached hydrogens (tertiary/aromatic N) is 2. The van der Waals surface area contributed by atoms with Crippen LogP contribution in [0.1, 0.15) is 40.0 Å². The van der Waals surface area contributed by atoms with Crippen molar-refractivity contribution in [3.8, 4) is 22.6 Å². The lowest BCUT2D eigenvalue weighted by Gasteiger charge is -2.27. The molecule has 2 aromatic heterocycles. The first-order chi connectivity index (χ1) is 19.8. The first-order valence-electron chi connectivity index (χ1n) is 13.2. The van der Waals surface area contributed by atoms with Crippen LogP contribution in [0.15, 0.2) is 66.7 Å². The fourth-order valence-corrected chi connectivity index (χ4v) is 6.39. The highest BCUT2D eigenvalue weighted by atomic mass is 35.5. The molecule has 2 atom stereocenters. The van der Waals surface area contributed by atoms with Crippen molar-refractivity contribution in [2.45, 2.75) is 38.2 Å². The minimum Gasteiger partial charge on any atom is -0.477 e. The molecule has 1 N–H and O–H groups in total. The molecule has 0 aliphatic carbocycles. The molecule has 0 amide bonds. The van der Waals surface area contributed by atoms with Gasteiger partial charge >= 0.3 is 5.97 Å². The molecule has 7 nitrogen and oxygen atoms in total. The number of aromatic carboxylic acids is 1. The van der Waals surface area contributed by atoms with Gasteiger partial charge in [-0.3, -0.25) is 0 Å². The van der Waals surface area contributed by atoms with Gasteiger partial charge in [0.25, 0.3) is 5.79 Å². The van der Waals surface area contributed by atoms with Crippen LogP contribution in [-0.2, 0) is 23.5 Å². The molecule has 2 aliphatic heterocycles. The van der Waals surface area contributed by atoms with Gasteiger partial charge in [-0.1, -0.05) is 48.0 Å². The summed E-state index contributed by atoms with van der Waals surface area (Å²) in [7, 11) is 0. The first-order valence-corrected chi connectivity index (χ1v) is 14.4. The molecule has 41 heavy (non-hydrogen) atoms.